The third kappa shape index (κ3) is 3.31. The molecule has 0 unspecified atom stereocenters. The minimum atomic E-state index is -0.166. The van der Waals surface area contributed by atoms with Crippen molar-refractivity contribution in [3.05, 3.63) is 40.3 Å². The Labute approximate surface area is 136 Å². The first-order valence-electron chi connectivity index (χ1n) is 6.83. The molecule has 0 saturated heterocycles. The van der Waals surface area contributed by atoms with E-state index in [2.05, 4.69) is 10.3 Å². The van der Waals surface area contributed by atoms with E-state index in [1.165, 1.54) is 11.8 Å². The van der Waals surface area contributed by atoms with Gasteiger partial charge in [0.1, 0.15) is 6.54 Å². The van der Waals surface area contributed by atoms with Gasteiger partial charge in [-0.15, -0.1) is 23.1 Å². The van der Waals surface area contributed by atoms with E-state index >= 15 is 0 Å². The molecule has 2 aromatic rings. The van der Waals surface area contributed by atoms with Crippen LogP contribution >= 0.6 is 23.1 Å². The van der Waals surface area contributed by atoms with Gasteiger partial charge in [-0.3, -0.25) is 9.59 Å². The van der Waals surface area contributed by atoms with Gasteiger partial charge in [0.2, 0.25) is 11.8 Å². The number of carbonyl (C=O) groups is 2. The standard InChI is InChI=1S/C15H15N3O2S2/c1-10-16-6-11(22-10)7-17-14(19)8-18-12-4-2-3-5-13(12)21-9-15(18)20/h2-6H,7-9H2,1H3,(H,17,19). The highest BCUT2D eigenvalue weighted by Crippen LogP contribution is 2.34. The highest BCUT2D eigenvalue weighted by molar-refractivity contribution is 8.00. The minimum Gasteiger partial charge on any atom is -0.350 e. The maximum atomic E-state index is 12.1. The topological polar surface area (TPSA) is 62.3 Å². The van der Waals surface area contributed by atoms with Gasteiger partial charge in [0.05, 0.1) is 23.0 Å². The number of hydrogen-bond acceptors (Lipinski definition) is 5. The normalized spacial score (nSPS) is 13.9. The van der Waals surface area contributed by atoms with Crippen LogP contribution in [0, 0.1) is 6.92 Å². The number of benzene rings is 1. The third-order valence-corrected chi connectivity index (χ3v) is 5.20. The van der Waals surface area contributed by atoms with Gasteiger partial charge in [0.25, 0.3) is 0 Å². The maximum Gasteiger partial charge on any atom is 0.240 e. The summed E-state index contributed by atoms with van der Waals surface area (Å²) < 4.78 is 0. The van der Waals surface area contributed by atoms with Crippen molar-refractivity contribution in [2.75, 3.05) is 17.2 Å². The van der Waals surface area contributed by atoms with Crippen molar-refractivity contribution in [1.82, 2.24) is 10.3 Å². The van der Waals surface area contributed by atoms with E-state index < -0.39 is 0 Å². The number of para-hydroxylation sites is 1. The number of aryl methyl sites for hydroxylation is 1. The van der Waals surface area contributed by atoms with E-state index in [1.54, 1.807) is 22.4 Å². The molecular weight excluding hydrogens is 318 g/mol. The van der Waals surface area contributed by atoms with Gasteiger partial charge < -0.3 is 10.2 Å². The second-order valence-electron chi connectivity index (χ2n) is 4.86. The summed E-state index contributed by atoms with van der Waals surface area (Å²) >= 11 is 3.07. The summed E-state index contributed by atoms with van der Waals surface area (Å²) in [5.74, 6) is 0.173. The van der Waals surface area contributed by atoms with Crippen molar-refractivity contribution < 1.29 is 9.59 Å². The fourth-order valence-electron chi connectivity index (χ4n) is 2.20. The quantitative estimate of drug-likeness (QED) is 0.932. The molecule has 7 heteroatoms. The molecule has 0 atom stereocenters. The van der Waals surface area contributed by atoms with Crippen LogP contribution in [0.4, 0.5) is 5.69 Å². The Hall–Kier alpha value is -1.86. The smallest absolute Gasteiger partial charge is 0.240 e. The van der Waals surface area contributed by atoms with Crippen LogP contribution in [0.1, 0.15) is 9.88 Å². The molecule has 22 heavy (non-hydrogen) atoms. The zero-order valence-corrected chi connectivity index (χ0v) is 13.7. The summed E-state index contributed by atoms with van der Waals surface area (Å²) in [6, 6.07) is 7.66. The van der Waals surface area contributed by atoms with Gasteiger partial charge in [-0.2, -0.15) is 0 Å². The molecule has 0 fully saturated rings. The Kier molecular flexibility index (Phi) is 4.44. The summed E-state index contributed by atoms with van der Waals surface area (Å²) in [7, 11) is 0. The number of hydrogen-bond donors (Lipinski definition) is 1. The van der Waals surface area contributed by atoms with E-state index in [0.29, 0.717) is 12.3 Å². The molecular formula is C15H15N3O2S2. The second kappa shape index (κ2) is 6.50. The molecule has 0 aliphatic carbocycles. The van der Waals surface area contributed by atoms with Crippen LogP contribution in [0.15, 0.2) is 35.4 Å². The Balaban J connectivity index is 1.64. The van der Waals surface area contributed by atoms with Crippen molar-refractivity contribution >= 4 is 40.6 Å². The lowest BCUT2D eigenvalue weighted by Crippen LogP contribution is -2.43. The summed E-state index contributed by atoms with van der Waals surface area (Å²) in [5.41, 5.74) is 0.813. The number of thioether (sulfide) groups is 1. The molecule has 1 aromatic heterocycles. The Morgan fingerprint density at radius 1 is 1.41 bits per heavy atom. The fraction of sp³-hybridized carbons (Fsp3) is 0.267. The predicted molar refractivity (Wildman–Crippen MR) is 88.2 cm³/mol. The van der Waals surface area contributed by atoms with Crippen molar-refractivity contribution in [2.45, 2.75) is 18.4 Å². The Morgan fingerprint density at radius 2 is 2.23 bits per heavy atom. The molecule has 0 radical (unpaired) electrons. The van der Waals surface area contributed by atoms with Crippen LogP contribution in [-0.4, -0.2) is 29.1 Å². The zero-order valence-electron chi connectivity index (χ0n) is 12.0. The van der Waals surface area contributed by atoms with E-state index in [0.717, 1.165) is 20.5 Å². The molecule has 1 aliphatic rings. The minimum absolute atomic E-state index is 0.0347. The zero-order chi connectivity index (χ0) is 15.5. The molecule has 0 bridgehead atoms. The van der Waals surface area contributed by atoms with Crippen LogP contribution in [0.5, 0.6) is 0 Å². The van der Waals surface area contributed by atoms with Gasteiger partial charge in [-0.05, 0) is 19.1 Å². The Bertz CT molecular complexity index is 714. The number of amides is 2. The maximum absolute atomic E-state index is 12.1. The highest BCUT2D eigenvalue weighted by Gasteiger charge is 2.26. The molecule has 0 saturated carbocycles. The molecule has 1 aromatic carbocycles. The van der Waals surface area contributed by atoms with Gasteiger partial charge in [0, 0.05) is 16.0 Å². The number of nitrogens with one attached hydrogen (secondary N) is 1. The lowest BCUT2D eigenvalue weighted by molar-refractivity contribution is -0.123. The first-order chi connectivity index (χ1) is 10.6. The molecule has 3 rings (SSSR count). The number of aromatic nitrogens is 1. The van der Waals surface area contributed by atoms with Crippen LogP contribution in [-0.2, 0) is 16.1 Å². The van der Waals surface area contributed by atoms with Crippen molar-refractivity contribution in [3.8, 4) is 0 Å². The molecule has 114 valence electrons. The summed E-state index contributed by atoms with van der Waals surface area (Å²) in [6.07, 6.45) is 1.76. The van der Waals surface area contributed by atoms with E-state index in [4.69, 9.17) is 0 Å². The third-order valence-electron chi connectivity index (χ3n) is 3.24. The van der Waals surface area contributed by atoms with Crippen LogP contribution in [0.2, 0.25) is 0 Å². The largest absolute Gasteiger partial charge is 0.350 e. The first-order valence-corrected chi connectivity index (χ1v) is 8.64. The number of rotatable bonds is 4. The number of anilines is 1. The lowest BCUT2D eigenvalue weighted by atomic mass is 10.2. The van der Waals surface area contributed by atoms with Gasteiger partial charge in [0.15, 0.2) is 0 Å². The van der Waals surface area contributed by atoms with Crippen LogP contribution in [0.3, 0.4) is 0 Å². The average Bonchev–Trinajstić information content (AvgIpc) is 2.94. The van der Waals surface area contributed by atoms with Crippen molar-refractivity contribution in [1.29, 1.82) is 0 Å². The van der Waals surface area contributed by atoms with Crippen molar-refractivity contribution in [2.24, 2.45) is 0 Å². The highest BCUT2D eigenvalue weighted by atomic mass is 32.2. The van der Waals surface area contributed by atoms with Crippen LogP contribution in [0.25, 0.3) is 0 Å². The van der Waals surface area contributed by atoms with Gasteiger partial charge in [-0.25, -0.2) is 4.98 Å². The van der Waals surface area contributed by atoms with Gasteiger partial charge >= 0.3 is 0 Å². The van der Waals surface area contributed by atoms with E-state index in [1.807, 2.05) is 31.2 Å². The average molecular weight is 333 g/mol. The molecule has 5 nitrogen and oxygen atoms in total. The summed E-state index contributed by atoms with van der Waals surface area (Å²) in [5, 5.41) is 3.82. The molecule has 2 amide bonds. The van der Waals surface area contributed by atoms with E-state index in [9.17, 15) is 9.59 Å². The number of thiazole rings is 1. The monoisotopic (exact) mass is 333 g/mol. The van der Waals surface area contributed by atoms with Crippen molar-refractivity contribution in [3.63, 3.8) is 0 Å². The lowest BCUT2D eigenvalue weighted by Gasteiger charge is -2.28. The van der Waals surface area contributed by atoms with E-state index in [-0.39, 0.29) is 18.4 Å². The SMILES string of the molecule is Cc1ncc(CNC(=O)CN2C(=O)CSc3ccccc32)s1. The molecule has 1 aliphatic heterocycles. The predicted octanol–water partition coefficient (Wildman–Crippen LogP) is 2.21. The Morgan fingerprint density at radius 3 is 3.00 bits per heavy atom. The van der Waals surface area contributed by atoms with Crippen LogP contribution < -0.4 is 10.2 Å². The first kappa shape index (κ1) is 15.1. The molecule has 1 N–H and O–H groups in total. The number of fused-ring (bicyclic) bond motifs is 1. The number of nitrogens with zero attached hydrogens (tertiary/aromatic N) is 2. The number of carbonyl (C=O) groups excluding carboxylic acids is 2. The molecule has 2 heterocycles. The molecule has 0 spiro atoms. The fourth-order valence-corrected chi connectivity index (χ4v) is 3.87. The summed E-state index contributed by atoms with van der Waals surface area (Å²) in [4.78, 5) is 32.0. The van der Waals surface area contributed by atoms with Gasteiger partial charge in [-0.1, -0.05) is 12.1 Å². The summed E-state index contributed by atoms with van der Waals surface area (Å²) in [6.45, 7) is 2.42. The second-order valence-corrected chi connectivity index (χ2v) is 7.20.